The van der Waals surface area contributed by atoms with Crippen molar-refractivity contribution in [3.8, 4) is 0 Å². The van der Waals surface area contributed by atoms with Crippen LogP contribution in [-0.4, -0.2) is 20.4 Å². The fraction of sp³-hybridized carbons (Fsp3) is 0.267. The van der Waals surface area contributed by atoms with Gasteiger partial charge in [-0.3, -0.25) is 4.79 Å². The number of hydrogen-bond donors (Lipinski definition) is 1. The molecule has 0 fully saturated rings. The van der Waals surface area contributed by atoms with Crippen LogP contribution in [0.3, 0.4) is 0 Å². The van der Waals surface area contributed by atoms with Crippen molar-refractivity contribution >= 4 is 11.6 Å². The second-order valence-electron chi connectivity index (χ2n) is 5.02. The van der Waals surface area contributed by atoms with E-state index >= 15 is 0 Å². The number of aryl methyl sites for hydroxylation is 2. The molecule has 0 saturated heterocycles. The van der Waals surface area contributed by atoms with E-state index in [2.05, 4.69) is 15.5 Å². The van der Waals surface area contributed by atoms with E-state index in [-0.39, 0.29) is 12.3 Å². The molecule has 0 radical (unpaired) electrons. The SMILES string of the molecule is Cc1cc(CC(=O)NCc2cnc3c(C)cccn23)on1. The summed E-state index contributed by atoms with van der Waals surface area (Å²) < 4.78 is 7.01. The molecule has 21 heavy (non-hydrogen) atoms. The molecule has 3 rings (SSSR count). The summed E-state index contributed by atoms with van der Waals surface area (Å²) in [6.45, 7) is 4.26. The quantitative estimate of drug-likeness (QED) is 0.793. The summed E-state index contributed by atoms with van der Waals surface area (Å²) in [5, 5.41) is 6.63. The Balaban J connectivity index is 1.66. The molecular weight excluding hydrogens is 268 g/mol. The molecular formula is C15H16N4O2. The lowest BCUT2D eigenvalue weighted by Crippen LogP contribution is -2.25. The summed E-state index contributed by atoms with van der Waals surface area (Å²) in [6, 6.07) is 5.74. The first-order chi connectivity index (χ1) is 10.1. The number of carbonyl (C=O) groups is 1. The predicted octanol–water partition coefficient (Wildman–Crippen LogP) is 1.80. The van der Waals surface area contributed by atoms with E-state index in [9.17, 15) is 4.79 Å². The van der Waals surface area contributed by atoms with Crippen LogP contribution >= 0.6 is 0 Å². The molecule has 108 valence electrons. The zero-order valence-corrected chi connectivity index (χ0v) is 12.0. The molecule has 6 nitrogen and oxygen atoms in total. The van der Waals surface area contributed by atoms with E-state index in [0.29, 0.717) is 12.3 Å². The van der Waals surface area contributed by atoms with Crippen LogP contribution in [0.25, 0.3) is 5.65 Å². The van der Waals surface area contributed by atoms with E-state index in [1.54, 1.807) is 12.3 Å². The van der Waals surface area contributed by atoms with Crippen molar-refractivity contribution in [2.24, 2.45) is 0 Å². The molecule has 1 N–H and O–H groups in total. The minimum Gasteiger partial charge on any atom is -0.361 e. The highest BCUT2D eigenvalue weighted by atomic mass is 16.5. The van der Waals surface area contributed by atoms with E-state index in [1.807, 2.05) is 36.6 Å². The van der Waals surface area contributed by atoms with Crippen molar-refractivity contribution < 1.29 is 9.32 Å². The monoisotopic (exact) mass is 284 g/mol. The molecule has 0 bridgehead atoms. The summed E-state index contributed by atoms with van der Waals surface area (Å²) in [5.74, 6) is 0.465. The Morgan fingerprint density at radius 1 is 1.43 bits per heavy atom. The molecule has 3 aromatic rings. The highest BCUT2D eigenvalue weighted by Crippen LogP contribution is 2.11. The van der Waals surface area contributed by atoms with Gasteiger partial charge in [-0.25, -0.2) is 4.98 Å². The van der Waals surface area contributed by atoms with Crippen LogP contribution in [-0.2, 0) is 17.8 Å². The number of nitrogens with one attached hydrogen (secondary N) is 1. The van der Waals surface area contributed by atoms with Gasteiger partial charge < -0.3 is 14.2 Å². The van der Waals surface area contributed by atoms with Gasteiger partial charge in [0.25, 0.3) is 0 Å². The normalized spacial score (nSPS) is 11.0. The van der Waals surface area contributed by atoms with Gasteiger partial charge in [0, 0.05) is 12.3 Å². The lowest BCUT2D eigenvalue weighted by atomic mass is 10.3. The van der Waals surface area contributed by atoms with Crippen molar-refractivity contribution in [2.45, 2.75) is 26.8 Å². The predicted molar refractivity (Wildman–Crippen MR) is 76.7 cm³/mol. The Morgan fingerprint density at radius 2 is 2.29 bits per heavy atom. The second kappa shape index (κ2) is 5.40. The van der Waals surface area contributed by atoms with Crippen molar-refractivity contribution in [3.63, 3.8) is 0 Å². The van der Waals surface area contributed by atoms with E-state index in [4.69, 9.17) is 4.52 Å². The smallest absolute Gasteiger partial charge is 0.228 e. The second-order valence-corrected chi connectivity index (χ2v) is 5.02. The summed E-state index contributed by atoms with van der Waals surface area (Å²) >= 11 is 0. The lowest BCUT2D eigenvalue weighted by Gasteiger charge is -2.04. The number of aromatic nitrogens is 3. The number of amides is 1. The molecule has 0 aromatic carbocycles. The number of imidazole rings is 1. The van der Waals surface area contributed by atoms with Gasteiger partial charge in [0.1, 0.15) is 11.4 Å². The highest BCUT2D eigenvalue weighted by molar-refractivity contribution is 5.77. The van der Waals surface area contributed by atoms with Gasteiger partial charge in [0.2, 0.25) is 5.91 Å². The van der Waals surface area contributed by atoms with Gasteiger partial charge in [0.15, 0.2) is 0 Å². The zero-order valence-electron chi connectivity index (χ0n) is 12.0. The van der Waals surface area contributed by atoms with Crippen LogP contribution in [0.4, 0.5) is 0 Å². The fourth-order valence-corrected chi connectivity index (χ4v) is 2.24. The van der Waals surface area contributed by atoms with Crippen LogP contribution in [0.1, 0.15) is 22.7 Å². The van der Waals surface area contributed by atoms with Crippen molar-refractivity contribution in [3.05, 3.63) is 53.3 Å². The Labute approximate surface area is 121 Å². The largest absolute Gasteiger partial charge is 0.361 e. The minimum atomic E-state index is -0.103. The van der Waals surface area contributed by atoms with Crippen LogP contribution in [0.15, 0.2) is 35.1 Å². The lowest BCUT2D eigenvalue weighted by molar-refractivity contribution is -0.120. The number of rotatable bonds is 4. The summed E-state index contributed by atoms with van der Waals surface area (Å²) in [5.41, 5.74) is 3.73. The van der Waals surface area contributed by atoms with E-state index in [0.717, 1.165) is 22.6 Å². The first-order valence-corrected chi connectivity index (χ1v) is 6.74. The summed E-state index contributed by atoms with van der Waals surface area (Å²) in [6.07, 6.45) is 3.91. The third-order valence-corrected chi connectivity index (χ3v) is 3.29. The maximum Gasteiger partial charge on any atom is 0.228 e. The first-order valence-electron chi connectivity index (χ1n) is 6.74. The number of fused-ring (bicyclic) bond motifs is 1. The molecule has 3 aromatic heterocycles. The Bertz CT molecular complexity index is 788. The average Bonchev–Trinajstić information content (AvgIpc) is 3.04. The Kier molecular flexibility index (Phi) is 3.43. The molecule has 0 saturated carbocycles. The van der Waals surface area contributed by atoms with Crippen molar-refractivity contribution in [1.29, 1.82) is 0 Å². The molecule has 1 amide bonds. The molecule has 3 heterocycles. The third kappa shape index (κ3) is 2.79. The molecule has 6 heteroatoms. The molecule has 0 atom stereocenters. The van der Waals surface area contributed by atoms with Gasteiger partial charge in [-0.05, 0) is 25.5 Å². The van der Waals surface area contributed by atoms with Crippen molar-refractivity contribution in [1.82, 2.24) is 19.9 Å². The molecule has 0 spiro atoms. The fourth-order valence-electron chi connectivity index (χ4n) is 2.24. The highest BCUT2D eigenvalue weighted by Gasteiger charge is 2.10. The van der Waals surface area contributed by atoms with E-state index in [1.165, 1.54) is 0 Å². The summed E-state index contributed by atoms with van der Waals surface area (Å²) in [7, 11) is 0. The minimum absolute atomic E-state index is 0.103. The van der Waals surface area contributed by atoms with Gasteiger partial charge in [-0.15, -0.1) is 0 Å². The third-order valence-electron chi connectivity index (χ3n) is 3.29. The number of pyridine rings is 1. The van der Waals surface area contributed by atoms with Crippen molar-refractivity contribution in [2.75, 3.05) is 0 Å². The average molecular weight is 284 g/mol. The number of carbonyl (C=O) groups excluding carboxylic acids is 1. The standard InChI is InChI=1S/C15H16N4O2/c1-10-4-3-5-19-12(9-17-15(10)19)8-16-14(20)7-13-6-11(2)18-21-13/h3-6,9H,7-8H2,1-2H3,(H,16,20). The van der Waals surface area contributed by atoms with Crippen LogP contribution < -0.4 is 5.32 Å². The first kappa shape index (κ1) is 13.4. The molecule has 0 unspecified atom stereocenters. The maximum absolute atomic E-state index is 11.9. The van der Waals surface area contributed by atoms with Crippen LogP contribution in [0.5, 0.6) is 0 Å². The summed E-state index contributed by atoms with van der Waals surface area (Å²) in [4.78, 5) is 16.3. The number of hydrogen-bond acceptors (Lipinski definition) is 4. The topological polar surface area (TPSA) is 72.4 Å². The van der Waals surface area contributed by atoms with Gasteiger partial charge in [-0.2, -0.15) is 0 Å². The van der Waals surface area contributed by atoms with Gasteiger partial charge in [0.05, 0.1) is 30.6 Å². The molecule has 0 aliphatic heterocycles. The zero-order chi connectivity index (χ0) is 14.8. The van der Waals surface area contributed by atoms with Gasteiger partial charge >= 0.3 is 0 Å². The van der Waals surface area contributed by atoms with Gasteiger partial charge in [-0.1, -0.05) is 11.2 Å². The van der Waals surface area contributed by atoms with Crippen LogP contribution in [0, 0.1) is 13.8 Å². The number of nitrogens with zero attached hydrogens (tertiary/aromatic N) is 3. The van der Waals surface area contributed by atoms with E-state index < -0.39 is 0 Å². The molecule has 0 aliphatic rings. The Morgan fingerprint density at radius 3 is 3.05 bits per heavy atom. The maximum atomic E-state index is 11.9. The van der Waals surface area contributed by atoms with Crippen LogP contribution in [0.2, 0.25) is 0 Å². The Hall–Kier alpha value is -2.63. The molecule has 0 aliphatic carbocycles.